The normalized spacial score (nSPS) is 12.9. The maximum Gasteiger partial charge on any atom is 0.202 e. The lowest BCUT2D eigenvalue weighted by atomic mass is 10.3. The van der Waals surface area contributed by atoms with Gasteiger partial charge in [-0.2, -0.15) is 0 Å². The molecule has 0 bridgehead atoms. The van der Waals surface area contributed by atoms with Crippen LogP contribution < -0.4 is 5.73 Å². The largest absolute Gasteiger partial charge is 0.398 e. The molecule has 0 unspecified atom stereocenters. The predicted octanol–water partition coefficient (Wildman–Crippen LogP) is 2.34. The fourth-order valence-electron chi connectivity index (χ4n) is 1.02. The van der Waals surface area contributed by atoms with Crippen LogP contribution in [0.4, 0.5) is 5.69 Å². The lowest BCUT2D eigenvalue weighted by Crippen LogP contribution is -2.01. The average Bonchev–Trinajstić information content (AvgIpc) is 2.02. The summed E-state index contributed by atoms with van der Waals surface area (Å²) in [4.78, 5) is 0.163. The number of nitrogen functional groups attached to an aromatic ring is 1. The molecule has 0 atom stereocenters. The number of rotatable bonds is 2. The Bertz CT molecular complexity index is 461. The van der Waals surface area contributed by atoms with Crippen LogP contribution in [0.25, 0.3) is 0 Å². The van der Waals surface area contributed by atoms with Crippen molar-refractivity contribution in [2.75, 3.05) is 5.73 Å². The topological polar surface area (TPSA) is 60.2 Å². The van der Waals surface area contributed by atoms with E-state index >= 15 is 0 Å². The summed E-state index contributed by atoms with van der Waals surface area (Å²) in [6, 6.07) is 6.43. The number of anilines is 1. The van der Waals surface area contributed by atoms with Gasteiger partial charge in [-0.05, 0) is 45.2 Å². The van der Waals surface area contributed by atoms with Gasteiger partial charge in [0, 0.05) is 5.41 Å². The minimum atomic E-state index is -3.38. The number of sulfone groups is 1. The van der Waals surface area contributed by atoms with Gasteiger partial charge in [0.1, 0.15) is 0 Å². The maximum absolute atomic E-state index is 11.7. The summed E-state index contributed by atoms with van der Waals surface area (Å²) in [6.45, 7) is 1.72. The van der Waals surface area contributed by atoms with Gasteiger partial charge in [-0.3, -0.25) is 0 Å². The summed E-state index contributed by atoms with van der Waals surface area (Å²) >= 11 is 1.95. The van der Waals surface area contributed by atoms with Gasteiger partial charge in [0.2, 0.25) is 9.84 Å². The third kappa shape index (κ3) is 2.71. The molecule has 0 fully saturated rings. The van der Waals surface area contributed by atoms with Crippen molar-refractivity contribution in [2.24, 2.45) is 0 Å². The molecule has 0 heterocycles. The van der Waals surface area contributed by atoms with Crippen LogP contribution in [0.5, 0.6) is 0 Å². The summed E-state index contributed by atoms with van der Waals surface area (Å²) in [6.07, 6.45) is 0. The van der Waals surface area contributed by atoms with Gasteiger partial charge in [-0.25, -0.2) is 8.42 Å². The van der Waals surface area contributed by atoms with Gasteiger partial charge in [-0.15, -0.1) is 0 Å². The molecule has 0 aromatic heterocycles. The average molecular weight is 323 g/mol. The number of para-hydroxylation sites is 1. The van der Waals surface area contributed by atoms with E-state index < -0.39 is 9.84 Å². The minimum absolute atomic E-state index is 0.163. The van der Waals surface area contributed by atoms with Gasteiger partial charge in [0.25, 0.3) is 0 Å². The highest BCUT2D eigenvalue weighted by Gasteiger charge is 2.13. The van der Waals surface area contributed by atoms with E-state index in [1.165, 1.54) is 11.5 Å². The first-order chi connectivity index (χ1) is 6.43. The first-order valence-corrected chi connectivity index (χ1v) is 6.49. The Morgan fingerprint density at radius 1 is 1.43 bits per heavy atom. The molecule has 0 aliphatic rings. The van der Waals surface area contributed by atoms with E-state index in [-0.39, 0.29) is 10.6 Å². The zero-order valence-corrected chi connectivity index (χ0v) is 10.5. The molecule has 14 heavy (non-hydrogen) atoms. The van der Waals surface area contributed by atoms with Gasteiger partial charge >= 0.3 is 0 Å². The van der Waals surface area contributed by atoms with Gasteiger partial charge < -0.3 is 5.73 Å². The van der Waals surface area contributed by atoms with Crippen LogP contribution in [0.1, 0.15) is 6.92 Å². The number of hydrogen-bond acceptors (Lipinski definition) is 3. The fraction of sp³-hybridized carbons (Fsp3) is 0.111. The van der Waals surface area contributed by atoms with E-state index in [0.717, 1.165) is 0 Å². The Balaban J connectivity index is 3.32. The molecule has 76 valence electrons. The molecule has 0 aliphatic carbocycles. The first kappa shape index (κ1) is 11.5. The zero-order chi connectivity index (χ0) is 10.8. The van der Waals surface area contributed by atoms with Gasteiger partial charge in [0.05, 0.1) is 10.6 Å². The van der Waals surface area contributed by atoms with Crippen molar-refractivity contribution >= 4 is 38.1 Å². The summed E-state index contributed by atoms with van der Waals surface area (Å²) in [5, 5.41) is 1.21. The molecular weight excluding hydrogens is 313 g/mol. The Morgan fingerprint density at radius 3 is 2.50 bits per heavy atom. The van der Waals surface area contributed by atoms with Crippen LogP contribution >= 0.6 is 22.6 Å². The van der Waals surface area contributed by atoms with Crippen LogP contribution in [0.15, 0.2) is 38.1 Å². The molecule has 2 N–H and O–H groups in total. The first-order valence-electron chi connectivity index (χ1n) is 3.87. The molecule has 0 saturated heterocycles. The molecular formula is C9H10INO2S. The fourth-order valence-corrected chi connectivity index (χ4v) is 3.24. The van der Waals surface area contributed by atoms with E-state index in [9.17, 15) is 8.42 Å². The second-order valence-corrected chi connectivity index (χ2v) is 6.25. The Labute approximate surface area is 97.1 Å². The second kappa shape index (κ2) is 4.31. The second-order valence-electron chi connectivity index (χ2n) is 2.79. The summed E-state index contributed by atoms with van der Waals surface area (Å²) < 4.78 is 24.1. The van der Waals surface area contributed by atoms with Crippen molar-refractivity contribution in [2.45, 2.75) is 11.8 Å². The van der Waals surface area contributed by atoms with Crippen LogP contribution in [-0.4, -0.2) is 8.42 Å². The summed E-state index contributed by atoms with van der Waals surface area (Å²) in [7, 11) is -3.38. The minimum Gasteiger partial charge on any atom is -0.398 e. The third-order valence-electron chi connectivity index (χ3n) is 1.54. The molecule has 1 aromatic rings. The summed E-state index contributed by atoms with van der Waals surface area (Å²) in [5.74, 6) is 0. The zero-order valence-electron chi connectivity index (χ0n) is 7.57. The van der Waals surface area contributed by atoms with Crippen LogP contribution in [0, 0.1) is 0 Å². The van der Waals surface area contributed by atoms with Crippen molar-refractivity contribution in [1.29, 1.82) is 0 Å². The Kier molecular flexibility index (Phi) is 3.54. The van der Waals surface area contributed by atoms with Crippen molar-refractivity contribution in [3.63, 3.8) is 0 Å². The number of halogens is 1. The van der Waals surface area contributed by atoms with Crippen molar-refractivity contribution < 1.29 is 8.42 Å². The standard InChI is InChI=1S/C9H10INO2S/c1-7(10)6-14(12,13)9-5-3-2-4-8(9)11/h2-6H,11H2,1H3/b7-6+. The number of nitrogens with two attached hydrogens (primary N) is 1. The lowest BCUT2D eigenvalue weighted by molar-refractivity contribution is 0.605. The molecule has 0 saturated carbocycles. The highest BCUT2D eigenvalue weighted by Crippen LogP contribution is 2.21. The molecule has 0 spiro atoms. The molecule has 5 heteroatoms. The number of hydrogen-bond donors (Lipinski definition) is 1. The summed E-state index contributed by atoms with van der Waals surface area (Å²) in [5.41, 5.74) is 5.85. The van der Waals surface area contributed by atoms with E-state index in [1.807, 2.05) is 22.6 Å². The highest BCUT2D eigenvalue weighted by molar-refractivity contribution is 14.1. The number of benzene rings is 1. The Morgan fingerprint density at radius 2 is 2.00 bits per heavy atom. The SMILES string of the molecule is C/C(I)=C\S(=O)(=O)c1ccccc1N. The highest BCUT2D eigenvalue weighted by atomic mass is 127. The van der Waals surface area contributed by atoms with Crippen LogP contribution in [0.2, 0.25) is 0 Å². The van der Waals surface area contributed by atoms with E-state index in [2.05, 4.69) is 0 Å². The van der Waals surface area contributed by atoms with Crippen molar-refractivity contribution in [1.82, 2.24) is 0 Å². The smallest absolute Gasteiger partial charge is 0.202 e. The number of allylic oxidation sites excluding steroid dienone is 1. The molecule has 1 rings (SSSR count). The maximum atomic E-state index is 11.7. The van der Waals surface area contributed by atoms with Crippen LogP contribution in [-0.2, 0) is 9.84 Å². The van der Waals surface area contributed by atoms with Gasteiger partial charge in [-0.1, -0.05) is 12.1 Å². The van der Waals surface area contributed by atoms with Crippen molar-refractivity contribution in [3.05, 3.63) is 33.3 Å². The third-order valence-corrected chi connectivity index (χ3v) is 3.93. The molecule has 0 aliphatic heterocycles. The van der Waals surface area contributed by atoms with Crippen LogP contribution in [0.3, 0.4) is 0 Å². The monoisotopic (exact) mass is 323 g/mol. The van der Waals surface area contributed by atoms with Crippen molar-refractivity contribution in [3.8, 4) is 0 Å². The Hall–Kier alpha value is -0.560. The molecule has 3 nitrogen and oxygen atoms in total. The van der Waals surface area contributed by atoms with Gasteiger partial charge in [0.15, 0.2) is 0 Å². The lowest BCUT2D eigenvalue weighted by Gasteiger charge is -2.02. The molecule has 0 amide bonds. The van der Waals surface area contributed by atoms with E-state index in [1.54, 1.807) is 25.1 Å². The van der Waals surface area contributed by atoms with E-state index in [4.69, 9.17) is 5.73 Å². The molecule has 0 radical (unpaired) electrons. The van der Waals surface area contributed by atoms with E-state index in [0.29, 0.717) is 3.58 Å². The predicted molar refractivity (Wildman–Crippen MR) is 65.8 cm³/mol. The quantitative estimate of drug-likeness (QED) is 0.671. The molecule has 1 aromatic carbocycles.